The summed E-state index contributed by atoms with van der Waals surface area (Å²) in [5, 5.41) is 34.3. The number of hydrogen-bond acceptors (Lipinski definition) is 4. The molecule has 0 aliphatic carbocycles. The molecule has 0 aliphatic rings. The van der Waals surface area contributed by atoms with Gasteiger partial charge in [-0.3, -0.25) is 4.98 Å². The van der Waals surface area contributed by atoms with Gasteiger partial charge in [0, 0.05) is 32.7 Å². The zero-order chi connectivity index (χ0) is 37.8. The fourth-order valence-corrected chi connectivity index (χ4v) is 8.21. The molecule has 0 fully saturated rings. The van der Waals surface area contributed by atoms with E-state index in [0.29, 0.717) is 16.7 Å². The van der Waals surface area contributed by atoms with Crippen molar-refractivity contribution in [2.75, 3.05) is 0 Å². The van der Waals surface area contributed by atoms with Crippen LogP contribution in [0.5, 0.6) is 0 Å². The minimum atomic E-state index is 0.547. The van der Waals surface area contributed by atoms with Crippen LogP contribution in [0.15, 0.2) is 170 Å². The summed E-state index contributed by atoms with van der Waals surface area (Å²) in [7, 11) is 0. The molecule has 0 saturated carbocycles. The fraction of sp³-hybridized carbons (Fsp3) is 0. The van der Waals surface area contributed by atoms with E-state index in [9.17, 15) is 15.8 Å². The Morgan fingerprint density at radius 1 is 0.393 bits per heavy atom. The first kappa shape index (κ1) is 32.4. The van der Waals surface area contributed by atoms with E-state index in [0.717, 1.165) is 88.4 Å². The minimum absolute atomic E-state index is 0.547. The molecule has 3 aromatic heterocycles. The number of rotatable bonds is 5. The molecule has 0 spiro atoms. The van der Waals surface area contributed by atoms with Crippen molar-refractivity contribution in [2.24, 2.45) is 0 Å². The lowest BCUT2D eigenvalue weighted by molar-refractivity contribution is 1.09. The zero-order valence-corrected chi connectivity index (χ0v) is 29.8. The Morgan fingerprint density at radius 3 is 1.38 bits per heavy atom. The van der Waals surface area contributed by atoms with Gasteiger partial charge in [-0.25, -0.2) is 0 Å². The van der Waals surface area contributed by atoms with Crippen LogP contribution >= 0.6 is 0 Å². The van der Waals surface area contributed by atoms with E-state index >= 15 is 0 Å². The Labute approximate surface area is 322 Å². The first-order chi connectivity index (χ1) is 27.6. The molecule has 0 aliphatic heterocycles. The van der Waals surface area contributed by atoms with Gasteiger partial charge in [-0.05, 0) is 76.9 Å². The summed E-state index contributed by atoms with van der Waals surface area (Å²) in [6, 6.07) is 59.7. The lowest BCUT2D eigenvalue weighted by atomic mass is 9.97. The van der Waals surface area contributed by atoms with Gasteiger partial charge in [-0.1, -0.05) is 103 Å². The van der Waals surface area contributed by atoms with Crippen LogP contribution < -0.4 is 0 Å². The normalized spacial score (nSPS) is 11.2. The maximum absolute atomic E-state index is 10.6. The standard InChI is InChI=1S/C50H28N6/c51-27-32-9-7-12-34(23-32)36-19-21-42-40-15-3-5-17-44(40)55(46(42)25-36)48-30-54-31-49(50(48)39-14-2-1-11-38(39)29-53)56-45-18-6-4-16-41(45)43-22-20-37(26-47(43)56)35-13-8-10-33(24-35)28-52/h1-26,30-31H. The van der Waals surface area contributed by atoms with Gasteiger partial charge >= 0.3 is 0 Å². The minimum Gasteiger partial charge on any atom is -0.307 e. The van der Waals surface area contributed by atoms with E-state index in [1.807, 2.05) is 97.3 Å². The molecule has 0 N–H and O–H groups in total. The predicted molar refractivity (Wildman–Crippen MR) is 223 cm³/mol. The average molecular weight is 713 g/mol. The topological polar surface area (TPSA) is 94.1 Å². The number of fused-ring (bicyclic) bond motifs is 6. The summed E-state index contributed by atoms with van der Waals surface area (Å²) in [4.78, 5) is 4.98. The maximum atomic E-state index is 10.6. The van der Waals surface area contributed by atoms with Gasteiger partial charge < -0.3 is 9.13 Å². The van der Waals surface area contributed by atoms with Crippen molar-refractivity contribution in [1.29, 1.82) is 15.8 Å². The summed E-state index contributed by atoms with van der Waals surface area (Å²) in [5.41, 5.74) is 12.9. The fourth-order valence-electron chi connectivity index (χ4n) is 8.21. The molecule has 0 saturated heterocycles. The van der Waals surface area contributed by atoms with Crippen LogP contribution in [0, 0.1) is 34.0 Å². The Morgan fingerprint density at radius 2 is 0.857 bits per heavy atom. The number of benzene rings is 7. The van der Waals surface area contributed by atoms with Crippen molar-refractivity contribution in [3.63, 3.8) is 0 Å². The van der Waals surface area contributed by atoms with E-state index < -0.39 is 0 Å². The van der Waals surface area contributed by atoms with E-state index in [1.165, 1.54) is 0 Å². The Hall–Kier alpha value is -8.24. The molecule has 0 bridgehead atoms. The van der Waals surface area contributed by atoms with Crippen molar-refractivity contribution in [3.05, 3.63) is 187 Å². The molecule has 7 aromatic carbocycles. The Balaban J connectivity index is 1.33. The van der Waals surface area contributed by atoms with Crippen LogP contribution in [0.1, 0.15) is 16.7 Å². The van der Waals surface area contributed by atoms with E-state index in [4.69, 9.17) is 4.98 Å². The monoisotopic (exact) mass is 712 g/mol. The molecule has 258 valence electrons. The molecular formula is C50H28N6. The van der Waals surface area contributed by atoms with Crippen molar-refractivity contribution < 1.29 is 0 Å². The maximum Gasteiger partial charge on any atom is 0.0998 e. The summed E-state index contributed by atoms with van der Waals surface area (Å²) in [6.45, 7) is 0. The molecule has 6 nitrogen and oxygen atoms in total. The van der Waals surface area contributed by atoms with Crippen molar-refractivity contribution in [3.8, 4) is 63.0 Å². The average Bonchev–Trinajstić information content (AvgIpc) is 3.78. The highest BCUT2D eigenvalue weighted by Gasteiger charge is 2.24. The van der Waals surface area contributed by atoms with Crippen molar-refractivity contribution in [2.45, 2.75) is 0 Å². The Bertz CT molecular complexity index is 3170. The van der Waals surface area contributed by atoms with Crippen LogP contribution in [0.4, 0.5) is 0 Å². The highest BCUT2D eigenvalue weighted by Crippen LogP contribution is 2.43. The molecule has 10 rings (SSSR count). The second kappa shape index (κ2) is 13.0. The van der Waals surface area contributed by atoms with Crippen LogP contribution in [0.25, 0.3) is 88.4 Å². The molecule has 0 radical (unpaired) electrons. The largest absolute Gasteiger partial charge is 0.307 e. The van der Waals surface area contributed by atoms with Gasteiger partial charge in [-0.2, -0.15) is 15.8 Å². The summed E-state index contributed by atoms with van der Waals surface area (Å²) in [5.74, 6) is 0. The SMILES string of the molecule is N#Cc1cccc(-c2ccc3c4ccccc4n(-c4cncc(-n5c6ccccc6c6ccc(-c7cccc(C#N)c7)cc65)c4-c4ccccc4C#N)c3c2)c1. The summed E-state index contributed by atoms with van der Waals surface area (Å²) < 4.78 is 4.52. The third-order valence-corrected chi connectivity index (χ3v) is 10.7. The molecular weight excluding hydrogens is 685 g/mol. The molecule has 6 heteroatoms. The van der Waals surface area contributed by atoms with E-state index in [-0.39, 0.29) is 0 Å². The van der Waals surface area contributed by atoms with Gasteiger partial charge in [0.25, 0.3) is 0 Å². The van der Waals surface area contributed by atoms with Crippen molar-refractivity contribution in [1.82, 2.24) is 14.1 Å². The van der Waals surface area contributed by atoms with Gasteiger partial charge in [0.05, 0.1) is 80.7 Å². The highest BCUT2D eigenvalue weighted by molar-refractivity contribution is 6.13. The molecule has 0 atom stereocenters. The van der Waals surface area contributed by atoms with Gasteiger partial charge in [-0.15, -0.1) is 0 Å². The number of pyridine rings is 1. The lowest BCUT2D eigenvalue weighted by Crippen LogP contribution is -2.05. The quantitative estimate of drug-likeness (QED) is 0.177. The molecule has 3 heterocycles. The number of para-hydroxylation sites is 2. The molecule has 56 heavy (non-hydrogen) atoms. The van der Waals surface area contributed by atoms with Crippen molar-refractivity contribution >= 4 is 43.6 Å². The van der Waals surface area contributed by atoms with Crippen LogP contribution in [0.3, 0.4) is 0 Å². The molecule has 0 unspecified atom stereocenters. The van der Waals surface area contributed by atoms with Gasteiger partial charge in [0.15, 0.2) is 0 Å². The lowest BCUT2D eigenvalue weighted by Gasteiger charge is -2.20. The molecule has 0 amide bonds. The zero-order valence-electron chi connectivity index (χ0n) is 29.8. The second-order valence-electron chi connectivity index (χ2n) is 13.8. The second-order valence-corrected chi connectivity index (χ2v) is 13.8. The summed E-state index contributed by atoms with van der Waals surface area (Å²) >= 11 is 0. The van der Waals surface area contributed by atoms with Crippen LogP contribution in [0.2, 0.25) is 0 Å². The van der Waals surface area contributed by atoms with E-state index in [2.05, 4.69) is 100 Å². The highest BCUT2D eigenvalue weighted by atomic mass is 15.0. The predicted octanol–water partition coefficient (Wildman–Crippen LogP) is 11.9. The van der Waals surface area contributed by atoms with Crippen LogP contribution in [-0.2, 0) is 0 Å². The first-order valence-electron chi connectivity index (χ1n) is 18.2. The first-order valence-corrected chi connectivity index (χ1v) is 18.2. The van der Waals surface area contributed by atoms with Crippen LogP contribution in [-0.4, -0.2) is 14.1 Å². The van der Waals surface area contributed by atoms with Gasteiger partial charge in [0.2, 0.25) is 0 Å². The summed E-state index contributed by atoms with van der Waals surface area (Å²) in [6.07, 6.45) is 3.79. The number of hydrogen-bond donors (Lipinski definition) is 0. The smallest absolute Gasteiger partial charge is 0.0998 e. The third kappa shape index (κ3) is 5.05. The molecule has 10 aromatic rings. The van der Waals surface area contributed by atoms with E-state index in [1.54, 1.807) is 0 Å². The number of nitriles is 3. The van der Waals surface area contributed by atoms with Gasteiger partial charge in [0.1, 0.15) is 0 Å². The third-order valence-electron chi connectivity index (χ3n) is 10.7. The number of nitrogens with zero attached hydrogens (tertiary/aromatic N) is 6. The number of aromatic nitrogens is 3. The Kier molecular flexibility index (Phi) is 7.53.